The molecule has 7 nitrogen and oxygen atoms in total. The van der Waals surface area contributed by atoms with E-state index in [2.05, 4.69) is 34.1 Å². The SMILES string of the molecule is c1ccc(N2CCc3c(OCCC4CCCO4)nc(N4CCOCC4)nc32)cc1. The van der Waals surface area contributed by atoms with Gasteiger partial charge in [-0.3, -0.25) is 0 Å². The van der Waals surface area contributed by atoms with E-state index in [4.69, 9.17) is 24.2 Å². The van der Waals surface area contributed by atoms with Gasteiger partial charge < -0.3 is 24.0 Å². The number of hydrogen-bond donors (Lipinski definition) is 0. The molecule has 1 atom stereocenters. The third kappa shape index (κ3) is 4.02. The number of para-hydroxylation sites is 1. The van der Waals surface area contributed by atoms with E-state index in [0.717, 1.165) is 80.8 Å². The molecule has 1 aromatic carbocycles. The molecule has 0 amide bonds. The maximum absolute atomic E-state index is 6.21. The van der Waals surface area contributed by atoms with Crippen molar-refractivity contribution < 1.29 is 14.2 Å². The first-order valence-electron chi connectivity index (χ1n) is 10.7. The van der Waals surface area contributed by atoms with Gasteiger partial charge in [-0.15, -0.1) is 0 Å². The highest BCUT2D eigenvalue weighted by Gasteiger charge is 2.29. The third-order valence-corrected chi connectivity index (χ3v) is 5.84. The van der Waals surface area contributed by atoms with Crippen LogP contribution in [0.5, 0.6) is 5.88 Å². The van der Waals surface area contributed by atoms with Crippen LogP contribution in [0.25, 0.3) is 0 Å². The standard InChI is InChI=1S/C22H28N4O3/c1-2-5-17(6-3-1)26-10-8-19-20(26)23-22(25-11-15-27-16-12-25)24-21(19)29-14-9-18-7-4-13-28-18/h1-3,5-6,18H,4,7-16H2. The summed E-state index contributed by atoms with van der Waals surface area (Å²) in [6.45, 7) is 5.42. The minimum absolute atomic E-state index is 0.324. The molecule has 0 spiro atoms. The number of hydrogen-bond acceptors (Lipinski definition) is 7. The molecule has 3 aliphatic rings. The van der Waals surface area contributed by atoms with E-state index in [1.54, 1.807) is 0 Å². The Hall–Kier alpha value is -2.38. The molecule has 1 unspecified atom stereocenters. The van der Waals surface area contributed by atoms with Crippen LogP contribution < -0.4 is 14.5 Å². The zero-order valence-corrected chi connectivity index (χ0v) is 16.8. The van der Waals surface area contributed by atoms with Crippen LogP contribution in [-0.2, 0) is 15.9 Å². The predicted molar refractivity (Wildman–Crippen MR) is 111 cm³/mol. The summed E-state index contributed by atoms with van der Waals surface area (Å²) in [5.74, 6) is 2.44. The highest BCUT2D eigenvalue weighted by atomic mass is 16.5. The van der Waals surface area contributed by atoms with Crippen molar-refractivity contribution in [1.29, 1.82) is 0 Å². The van der Waals surface area contributed by atoms with E-state index in [1.165, 1.54) is 0 Å². The second-order valence-electron chi connectivity index (χ2n) is 7.74. The Morgan fingerprint density at radius 1 is 1.03 bits per heavy atom. The fourth-order valence-corrected chi connectivity index (χ4v) is 4.26. The molecule has 0 bridgehead atoms. The largest absolute Gasteiger partial charge is 0.477 e. The normalized spacial score (nSPS) is 21.4. The lowest BCUT2D eigenvalue weighted by Gasteiger charge is -2.28. The Labute approximate surface area is 171 Å². The number of morpholine rings is 1. The van der Waals surface area contributed by atoms with E-state index in [9.17, 15) is 0 Å². The number of aromatic nitrogens is 2. The van der Waals surface area contributed by atoms with E-state index < -0.39 is 0 Å². The molecule has 1 aromatic heterocycles. The Kier molecular flexibility index (Phi) is 5.49. The molecule has 7 heteroatoms. The minimum atomic E-state index is 0.324. The smallest absolute Gasteiger partial charge is 0.230 e. The van der Waals surface area contributed by atoms with Gasteiger partial charge in [0, 0.05) is 38.3 Å². The molecule has 2 aromatic rings. The molecular weight excluding hydrogens is 368 g/mol. The Morgan fingerprint density at radius 3 is 2.69 bits per heavy atom. The molecule has 2 saturated heterocycles. The van der Waals surface area contributed by atoms with E-state index in [0.29, 0.717) is 25.9 Å². The molecule has 0 aliphatic carbocycles. The number of nitrogens with zero attached hydrogens (tertiary/aromatic N) is 4. The van der Waals surface area contributed by atoms with E-state index in [-0.39, 0.29) is 0 Å². The quantitative estimate of drug-likeness (QED) is 0.744. The van der Waals surface area contributed by atoms with Crippen molar-refractivity contribution in [3.8, 4) is 5.88 Å². The zero-order chi connectivity index (χ0) is 19.5. The van der Waals surface area contributed by atoms with Gasteiger partial charge in [0.15, 0.2) is 0 Å². The van der Waals surface area contributed by atoms with Crippen molar-refractivity contribution >= 4 is 17.5 Å². The Morgan fingerprint density at radius 2 is 1.90 bits per heavy atom. The summed E-state index contributed by atoms with van der Waals surface area (Å²) in [5, 5.41) is 0. The molecule has 154 valence electrons. The van der Waals surface area contributed by atoms with Crippen LogP contribution >= 0.6 is 0 Å². The average Bonchev–Trinajstić information content (AvgIpc) is 3.45. The predicted octanol–water partition coefficient (Wildman–Crippen LogP) is 2.96. The molecule has 0 N–H and O–H groups in total. The monoisotopic (exact) mass is 396 g/mol. The Balaban J connectivity index is 1.42. The first kappa shape index (κ1) is 18.6. The lowest BCUT2D eigenvalue weighted by Crippen LogP contribution is -2.37. The van der Waals surface area contributed by atoms with Crippen molar-refractivity contribution in [1.82, 2.24) is 9.97 Å². The summed E-state index contributed by atoms with van der Waals surface area (Å²) < 4.78 is 17.4. The van der Waals surface area contributed by atoms with E-state index in [1.807, 2.05) is 6.07 Å². The van der Waals surface area contributed by atoms with Gasteiger partial charge in [0.2, 0.25) is 11.8 Å². The topological polar surface area (TPSA) is 60.0 Å². The fraction of sp³-hybridized carbons (Fsp3) is 0.545. The summed E-state index contributed by atoms with van der Waals surface area (Å²) in [5.41, 5.74) is 2.27. The van der Waals surface area contributed by atoms with Crippen LogP contribution in [0.3, 0.4) is 0 Å². The van der Waals surface area contributed by atoms with E-state index >= 15 is 0 Å². The summed E-state index contributed by atoms with van der Waals surface area (Å²) in [6.07, 6.45) is 4.41. The summed E-state index contributed by atoms with van der Waals surface area (Å²) >= 11 is 0. The van der Waals surface area contributed by atoms with Crippen molar-refractivity contribution in [3.05, 3.63) is 35.9 Å². The number of fused-ring (bicyclic) bond motifs is 1. The number of rotatable bonds is 6. The van der Waals surface area contributed by atoms with Crippen LogP contribution in [0, 0.1) is 0 Å². The number of anilines is 3. The first-order chi connectivity index (χ1) is 14.4. The van der Waals surface area contributed by atoms with Crippen molar-refractivity contribution in [2.24, 2.45) is 0 Å². The number of ether oxygens (including phenoxy) is 3. The molecule has 5 rings (SSSR count). The third-order valence-electron chi connectivity index (χ3n) is 5.84. The second-order valence-corrected chi connectivity index (χ2v) is 7.74. The number of benzene rings is 1. The van der Waals surface area contributed by atoms with Crippen molar-refractivity contribution in [2.75, 3.05) is 55.9 Å². The summed E-state index contributed by atoms with van der Waals surface area (Å²) in [6, 6.07) is 10.4. The van der Waals surface area contributed by atoms with Gasteiger partial charge in [0.25, 0.3) is 0 Å². The molecule has 0 radical (unpaired) electrons. The van der Waals surface area contributed by atoms with Gasteiger partial charge in [0.1, 0.15) is 5.82 Å². The molecule has 29 heavy (non-hydrogen) atoms. The van der Waals surface area contributed by atoms with Crippen LogP contribution in [0.2, 0.25) is 0 Å². The molecule has 4 heterocycles. The summed E-state index contributed by atoms with van der Waals surface area (Å²) in [4.78, 5) is 14.3. The molecule has 0 saturated carbocycles. The average molecular weight is 396 g/mol. The Bertz CT molecular complexity index is 820. The van der Waals surface area contributed by atoms with Crippen molar-refractivity contribution in [2.45, 2.75) is 31.8 Å². The highest BCUT2D eigenvalue weighted by Crippen LogP contribution is 2.38. The highest BCUT2D eigenvalue weighted by molar-refractivity contribution is 5.69. The lowest BCUT2D eigenvalue weighted by atomic mass is 10.2. The van der Waals surface area contributed by atoms with Crippen LogP contribution in [-0.4, -0.2) is 62.1 Å². The molecule has 2 fully saturated rings. The van der Waals surface area contributed by atoms with Gasteiger partial charge in [-0.2, -0.15) is 9.97 Å². The maximum Gasteiger partial charge on any atom is 0.230 e. The summed E-state index contributed by atoms with van der Waals surface area (Å²) in [7, 11) is 0. The van der Waals surface area contributed by atoms with Gasteiger partial charge in [-0.05, 0) is 31.4 Å². The zero-order valence-electron chi connectivity index (χ0n) is 16.8. The minimum Gasteiger partial charge on any atom is -0.477 e. The fourth-order valence-electron chi connectivity index (χ4n) is 4.26. The molecule has 3 aliphatic heterocycles. The van der Waals surface area contributed by atoms with Crippen molar-refractivity contribution in [3.63, 3.8) is 0 Å². The van der Waals surface area contributed by atoms with Crippen LogP contribution in [0.1, 0.15) is 24.8 Å². The van der Waals surface area contributed by atoms with Crippen LogP contribution in [0.15, 0.2) is 30.3 Å². The molecular formula is C22H28N4O3. The van der Waals surface area contributed by atoms with Gasteiger partial charge >= 0.3 is 0 Å². The second kappa shape index (κ2) is 8.55. The maximum atomic E-state index is 6.21. The van der Waals surface area contributed by atoms with Gasteiger partial charge in [-0.1, -0.05) is 18.2 Å². The van der Waals surface area contributed by atoms with Crippen LogP contribution in [0.4, 0.5) is 17.5 Å². The lowest BCUT2D eigenvalue weighted by molar-refractivity contribution is 0.0895. The van der Waals surface area contributed by atoms with Gasteiger partial charge in [0.05, 0.1) is 31.5 Å². The first-order valence-corrected chi connectivity index (χ1v) is 10.7. The van der Waals surface area contributed by atoms with Gasteiger partial charge in [-0.25, -0.2) is 0 Å².